The monoisotopic (exact) mass is 375 g/mol. The first-order chi connectivity index (χ1) is 10.9. The van der Waals surface area contributed by atoms with Crippen LogP contribution in [0.15, 0.2) is 23.1 Å². The molecule has 0 spiro atoms. The molecule has 1 aliphatic heterocycles. The van der Waals surface area contributed by atoms with Gasteiger partial charge in [0.1, 0.15) is 0 Å². The molecule has 1 saturated heterocycles. The first-order valence-electron chi connectivity index (χ1n) is 7.98. The summed E-state index contributed by atoms with van der Waals surface area (Å²) in [6.45, 7) is 3.75. The molecule has 0 aromatic heterocycles. The Morgan fingerprint density at radius 2 is 1.96 bits per heavy atom. The largest absolute Gasteiger partial charge is 0.326 e. The Bertz CT molecular complexity index is 659. The van der Waals surface area contributed by atoms with Crippen LogP contribution in [0.1, 0.15) is 31.2 Å². The lowest BCUT2D eigenvalue weighted by atomic mass is 9.93. The van der Waals surface area contributed by atoms with Crippen LogP contribution in [-0.4, -0.2) is 34.5 Å². The van der Waals surface area contributed by atoms with Gasteiger partial charge in [-0.2, -0.15) is 0 Å². The third-order valence-corrected chi connectivity index (χ3v) is 5.91. The van der Waals surface area contributed by atoms with Gasteiger partial charge in [0.25, 0.3) is 0 Å². The number of carbonyl (C=O) groups excluding carboxylic acids is 1. The van der Waals surface area contributed by atoms with Crippen LogP contribution in [0.25, 0.3) is 0 Å². The zero-order valence-corrected chi connectivity index (χ0v) is 15.7. The number of hydrogen-bond donors (Lipinski definition) is 3. The van der Waals surface area contributed by atoms with Crippen molar-refractivity contribution in [1.29, 1.82) is 0 Å². The highest BCUT2D eigenvalue weighted by molar-refractivity contribution is 7.89. The van der Waals surface area contributed by atoms with E-state index in [2.05, 4.69) is 15.4 Å². The molecule has 0 bridgehead atoms. The van der Waals surface area contributed by atoms with Crippen molar-refractivity contribution in [3.8, 4) is 0 Å². The minimum absolute atomic E-state index is 0. The zero-order chi connectivity index (χ0) is 16.9. The summed E-state index contributed by atoms with van der Waals surface area (Å²) in [5.74, 6) is 0.532. The van der Waals surface area contributed by atoms with Gasteiger partial charge in [-0.15, -0.1) is 12.4 Å². The Morgan fingerprint density at radius 3 is 2.58 bits per heavy atom. The standard InChI is InChI=1S/C16H25N3O3S.ClH/c1-12-14(4-3-5-15(12)23(21,22)17-2)19-16(20)7-6-13-8-10-18-11-9-13;/h3-5,13,17-18H,6-11H2,1-2H3,(H,19,20);1H. The van der Waals surface area contributed by atoms with Gasteiger partial charge in [0, 0.05) is 12.1 Å². The molecule has 3 N–H and O–H groups in total. The van der Waals surface area contributed by atoms with E-state index in [1.807, 2.05) is 0 Å². The number of anilines is 1. The number of hydrogen-bond acceptors (Lipinski definition) is 4. The fourth-order valence-electron chi connectivity index (χ4n) is 2.87. The van der Waals surface area contributed by atoms with Crippen molar-refractivity contribution in [2.24, 2.45) is 5.92 Å². The van der Waals surface area contributed by atoms with E-state index >= 15 is 0 Å². The Balaban J connectivity index is 0.00000288. The van der Waals surface area contributed by atoms with E-state index in [1.165, 1.54) is 13.1 Å². The predicted octanol–water partition coefficient (Wildman–Crippen LogP) is 2.04. The second kappa shape index (κ2) is 9.36. The highest BCUT2D eigenvalue weighted by Crippen LogP contribution is 2.24. The van der Waals surface area contributed by atoms with E-state index in [0.717, 1.165) is 32.4 Å². The molecule has 1 aliphatic rings. The Kier molecular flexibility index (Phi) is 8.15. The second-order valence-corrected chi connectivity index (χ2v) is 7.77. The summed E-state index contributed by atoms with van der Waals surface area (Å²) in [6, 6.07) is 4.90. The van der Waals surface area contributed by atoms with E-state index in [-0.39, 0.29) is 23.2 Å². The third kappa shape index (κ3) is 5.44. The molecule has 0 unspecified atom stereocenters. The van der Waals surface area contributed by atoms with E-state index < -0.39 is 10.0 Å². The molecule has 0 saturated carbocycles. The van der Waals surface area contributed by atoms with Crippen molar-refractivity contribution < 1.29 is 13.2 Å². The summed E-state index contributed by atoms with van der Waals surface area (Å²) in [5, 5.41) is 6.15. The van der Waals surface area contributed by atoms with Crippen LogP contribution in [0.5, 0.6) is 0 Å². The Hall–Kier alpha value is -1.15. The lowest BCUT2D eigenvalue weighted by Gasteiger charge is -2.22. The van der Waals surface area contributed by atoms with E-state index in [9.17, 15) is 13.2 Å². The smallest absolute Gasteiger partial charge is 0.240 e. The van der Waals surface area contributed by atoms with Gasteiger partial charge in [0.2, 0.25) is 15.9 Å². The number of amides is 1. The number of benzene rings is 1. The van der Waals surface area contributed by atoms with Gasteiger partial charge in [-0.3, -0.25) is 4.79 Å². The highest BCUT2D eigenvalue weighted by atomic mass is 35.5. The van der Waals surface area contributed by atoms with Crippen molar-refractivity contribution in [1.82, 2.24) is 10.0 Å². The maximum atomic E-state index is 12.1. The van der Waals surface area contributed by atoms with Crippen molar-refractivity contribution in [3.63, 3.8) is 0 Å². The number of piperidine rings is 1. The summed E-state index contributed by atoms with van der Waals surface area (Å²) >= 11 is 0. The lowest BCUT2D eigenvalue weighted by Crippen LogP contribution is -2.28. The second-order valence-electron chi connectivity index (χ2n) is 5.92. The van der Waals surface area contributed by atoms with Crippen LogP contribution in [0.3, 0.4) is 0 Å². The van der Waals surface area contributed by atoms with Crippen LogP contribution < -0.4 is 15.4 Å². The van der Waals surface area contributed by atoms with Gasteiger partial charge in [0.15, 0.2) is 0 Å². The normalized spacial score (nSPS) is 15.6. The maximum Gasteiger partial charge on any atom is 0.240 e. The lowest BCUT2D eigenvalue weighted by molar-refractivity contribution is -0.116. The van der Waals surface area contributed by atoms with Gasteiger partial charge in [-0.25, -0.2) is 13.1 Å². The number of nitrogens with one attached hydrogen (secondary N) is 3. The molecule has 0 aliphatic carbocycles. The third-order valence-electron chi connectivity index (χ3n) is 4.35. The maximum absolute atomic E-state index is 12.1. The van der Waals surface area contributed by atoms with Crippen molar-refractivity contribution >= 4 is 34.0 Å². The van der Waals surface area contributed by atoms with Crippen molar-refractivity contribution in [2.75, 3.05) is 25.5 Å². The summed E-state index contributed by atoms with van der Waals surface area (Å²) in [7, 11) is -2.15. The fraction of sp³-hybridized carbons (Fsp3) is 0.562. The first kappa shape index (κ1) is 20.9. The number of sulfonamides is 1. The molecular weight excluding hydrogens is 350 g/mol. The van der Waals surface area contributed by atoms with Gasteiger partial charge >= 0.3 is 0 Å². The van der Waals surface area contributed by atoms with E-state index in [4.69, 9.17) is 0 Å². The van der Waals surface area contributed by atoms with E-state index in [1.54, 1.807) is 19.1 Å². The molecule has 1 amide bonds. The van der Waals surface area contributed by atoms with Crippen LogP contribution in [0.4, 0.5) is 5.69 Å². The topological polar surface area (TPSA) is 87.3 Å². The molecule has 0 radical (unpaired) electrons. The molecule has 136 valence electrons. The van der Waals surface area contributed by atoms with Crippen LogP contribution in [0, 0.1) is 12.8 Å². The van der Waals surface area contributed by atoms with Gasteiger partial charge in [-0.1, -0.05) is 6.07 Å². The average molecular weight is 376 g/mol. The molecular formula is C16H26ClN3O3S. The zero-order valence-electron chi connectivity index (χ0n) is 14.1. The number of rotatable bonds is 6. The van der Waals surface area contributed by atoms with Gasteiger partial charge in [0.05, 0.1) is 4.90 Å². The Morgan fingerprint density at radius 1 is 1.29 bits per heavy atom. The SMILES string of the molecule is CNS(=O)(=O)c1cccc(NC(=O)CCC2CCNCC2)c1C.Cl. The fourth-order valence-corrected chi connectivity index (χ4v) is 3.86. The molecule has 1 aromatic rings. The summed E-state index contributed by atoms with van der Waals surface area (Å²) < 4.78 is 26.2. The number of halogens is 1. The minimum Gasteiger partial charge on any atom is -0.326 e. The molecule has 2 rings (SSSR count). The van der Waals surface area contributed by atoms with Crippen LogP contribution in [0.2, 0.25) is 0 Å². The van der Waals surface area contributed by atoms with E-state index in [0.29, 0.717) is 23.6 Å². The van der Waals surface area contributed by atoms with Gasteiger partial charge < -0.3 is 10.6 Å². The van der Waals surface area contributed by atoms with Crippen molar-refractivity contribution in [2.45, 2.75) is 37.5 Å². The van der Waals surface area contributed by atoms with Gasteiger partial charge in [-0.05, 0) is 69.9 Å². The first-order valence-corrected chi connectivity index (χ1v) is 9.46. The quantitative estimate of drug-likeness (QED) is 0.710. The molecule has 6 nitrogen and oxygen atoms in total. The Labute approximate surface area is 150 Å². The summed E-state index contributed by atoms with van der Waals surface area (Å²) in [4.78, 5) is 12.3. The van der Waals surface area contributed by atoms with Crippen LogP contribution in [-0.2, 0) is 14.8 Å². The molecule has 8 heteroatoms. The highest BCUT2D eigenvalue weighted by Gasteiger charge is 2.18. The summed E-state index contributed by atoms with van der Waals surface area (Å²) in [5.41, 5.74) is 1.11. The summed E-state index contributed by atoms with van der Waals surface area (Å²) in [6.07, 6.45) is 3.57. The predicted molar refractivity (Wildman–Crippen MR) is 98.1 cm³/mol. The molecule has 1 fully saturated rings. The molecule has 1 aromatic carbocycles. The minimum atomic E-state index is -3.52. The molecule has 24 heavy (non-hydrogen) atoms. The molecule has 0 atom stereocenters. The van der Waals surface area contributed by atoms with Crippen molar-refractivity contribution in [3.05, 3.63) is 23.8 Å². The molecule has 1 heterocycles. The van der Waals surface area contributed by atoms with Crippen LogP contribution >= 0.6 is 12.4 Å². The number of carbonyl (C=O) groups is 1. The average Bonchev–Trinajstić information content (AvgIpc) is 2.55.